The van der Waals surface area contributed by atoms with E-state index >= 15 is 0 Å². The van der Waals surface area contributed by atoms with Crippen LogP contribution in [-0.2, 0) is 19.1 Å². The molecule has 0 aromatic carbocycles. The third kappa shape index (κ3) is 6.85. The first-order valence-corrected chi connectivity index (χ1v) is 7.56. The maximum absolute atomic E-state index is 11.9. The lowest BCUT2D eigenvalue weighted by molar-refractivity contribution is -0.144. The zero-order valence-corrected chi connectivity index (χ0v) is 14.3. The van der Waals surface area contributed by atoms with Crippen LogP contribution in [-0.4, -0.2) is 52.3 Å². The van der Waals surface area contributed by atoms with E-state index in [-0.39, 0.29) is 18.6 Å². The van der Waals surface area contributed by atoms with Crippen LogP contribution in [0.1, 0.15) is 19.8 Å². The Bertz CT molecular complexity index is 475. The maximum Gasteiger partial charge on any atom is 0.409 e. The van der Waals surface area contributed by atoms with Gasteiger partial charge >= 0.3 is 12.1 Å². The monoisotopic (exact) mass is 371 g/mol. The second kappa shape index (κ2) is 8.04. The Morgan fingerprint density at radius 3 is 2.59 bits per heavy atom. The van der Waals surface area contributed by atoms with Crippen molar-refractivity contribution in [2.45, 2.75) is 35.7 Å². The molecule has 0 aromatic heterocycles. The van der Waals surface area contributed by atoms with Crippen LogP contribution in [0.4, 0.5) is 4.79 Å². The standard InChI is InChI=1S/C13H16Cl3NO5/c1-8(18)22-11-4-3-10(19)5-9(6-11)17(2)12(20)21-7-13(14,15)16/h3-4,9,11H,5-7H2,1-2H3/t9-,11+/m1/s1. The molecule has 0 aliphatic heterocycles. The largest absolute Gasteiger partial charge is 0.458 e. The van der Waals surface area contributed by atoms with Gasteiger partial charge in [0.2, 0.25) is 3.79 Å². The van der Waals surface area contributed by atoms with Crippen molar-refractivity contribution in [2.75, 3.05) is 13.7 Å². The molecular weight excluding hydrogens is 357 g/mol. The molecule has 2 atom stereocenters. The summed E-state index contributed by atoms with van der Waals surface area (Å²) in [5.41, 5.74) is 0. The third-order valence-electron chi connectivity index (χ3n) is 2.95. The van der Waals surface area contributed by atoms with E-state index in [1.54, 1.807) is 0 Å². The molecule has 1 amide bonds. The highest BCUT2D eigenvalue weighted by Gasteiger charge is 2.30. The summed E-state index contributed by atoms with van der Waals surface area (Å²) in [7, 11) is 1.47. The number of hydrogen-bond acceptors (Lipinski definition) is 5. The van der Waals surface area contributed by atoms with Gasteiger partial charge in [0.1, 0.15) is 12.7 Å². The zero-order valence-electron chi connectivity index (χ0n) is 12.1. The van der Waals surface area contributed by atoms with Crippen LogP contribution < -0.4 is 0 Å². The summed E-state index contributed by atoms with van der Waals surface area (Å²) in [6, 6.07) is -0.491. The minimum Gasteiger partial charge on any atom is -0.458 e. The van der Waals surface area contributed by atoms with E-state index in [0.29, 0.717) is 0 Å². The number of hydrogen-bond donors (Lipinski definition) is 0. The molecule has 0 heterocycles. The highest BCUT2D eigenvalue weighted by atomic mass is 35.6. The Labute approximate surface area is 143 Å². The molecule has 124 valence electrons. The van der Waals surface area contributed by atoms with Crippen molar-refractivity contribution in [3.8, 4) is 0 Å². The fourth-order valence-corrected chi connectivity index (χ4v) is 2.10. The Balaban J connectivity index is 2.69. The molecule has 6 nitrogen and oxygen atoms in total. The lowest BCUT2D eigenvalue weighted by atomic mass is 10.1. The van der Waals surface area contributed by atoms with Gasteiger partial charge in [0.15, 0.2) is 5.78 Å². The Morgan fingerprint density at radius 2 is 2.05 bits per heavy atom. The molecule has 22 heavy (non-hydrogen) atoms. The molecule has 0 spiro atoms. The van der Waals surface area contributed by atoms with Gasteiger partial charge in [-0.1, -0.05) is 34.8 Å². The van der Waals surface area contributed by atoms with Gasteiger partial charge in [0, 0.05) is 32.9 Å². The second-order valence-electron chi connectivity index (χ2n) is 4.85. The molecule has 1 aliphatic carbocycles. The van der Waals surface area contributed by atoms with Gasteiger partial charge in [0.25, 0.3) is 0 Å². The Morgan fingerprint density at radius 1 is 1.41 bits per heavy atom. The fourth-order valence-electron chi connectivity index (χ4n) is 1.94. The molecular formula is C13H16Cl3NO5. The molecule has 1 rings (SSSR count). The minimum absolute atomic E-state index is 0.0909. The molecule has 1 aliphatic rings. The predicted molar refractivity (Wildman–Crippen MR) is 82.1 cm³/mol. The number of ether oxygens (including phenoxy) is 2. The number of halogens is 3. The van der Waals surface area contributed by atoms with E-state index in [0.717, 1.165) is 0 Å². The minimum atomic E-state index is -1.71. The summed E-state index contributed by atoms with van der Waals surface area (Å²) in [6.45, 7) is 0.863. The van der Waals surface area contributed by atoms with Gasteiger partial charge in [-0.15, -0.1) is 0 Å². The molecule has 0 fully saturated rings. The van der Waals surface area contributed by atoms with Crippen molar-refractivity contribution in [1.82, 2.24) is 4.90 Å². The van der Waals surface area contributed by atoms with E-state index in [9.17, 15) is 14.4 Å². The van der Waals surface area contributed by atoms with Gasteiger partial charge in [-0.05, 0) is 12.2 Å². The van der Waals surface area contributed by atoms with Crippen molar-refractivity contribution in [3.05, 3.63) is 12.2 Å². The number of ketones is 1. The first-order chi connectivity index (χ1) is 10.1. The summed E-state index contributed by atoms with van der Waals surface area (Å²) in [5, 5.41) is 0. The zero-order chi connectivity index (χ0) is 16.9. The first kappa shape index (κ1) is 19.1. The molecule has 0 aromatic rings. The van der Waals surface area contributed by atoms with E-state index in [4.69, 9.17) is 44.3 Å². The lowest BCUT2D eigenvalue weighted by Crippen LogP contribution is -2.41. The van der Waals surface area contributed by atoms with Crippen molar-refractivity contribution >= 4 is 52.6 Å². The quantitative estimate of drug-likeness (QED) is 0.562. The van der Waals surface area contributed by atoms with Gasteiger partial charge in [-0.2, -0.15) is 0 Å². The molecule has 0 bridgehead atoms. The number of alkyl halides is 3. The van der Waals surface area contributed by atoms with Gasteiger partial charge in [0.05, 0.1) is 0 Å². The van der Waals surface area contributed by atoms with Crippen molar-refractivity contribution in [3.63, 3.8) is 0 Å². The first-order valence-electron chi connectivity index (χ1n) is 6.43. The SMILES string of the molecule is CC(=O)O[C@H]1C=CC(=O)C[C@@H](N(C)C(=O)OCC(Cl)(Cl)Cl)C1. The molecule has 0 saturated heterocycles. The third-order valence-corrected chi connectivity index (χ3v) is 3.28. The van der Waals surface area contributed by atoms with Gasteiger partial charge in [-0.3, -0.25) is 9.59 Å². The van der Waals surface area contributed by atoms with E-state index in [1.807, 2.05) is 0 Å². The summed E-state index contributed by atoms with van der Waals surface area (Å²) in [5.74, 6) is -0.648. The van der Waals surface area contributed by atoms with Gasteiger partial charge < -0.3 is 14.4 Å². The number of esters is 1. The van der Waals surface area contributed by atoms with E-state index in [2.05, 4.69) is 0 Å². The molecule has 0 radical (unpaired) electrons. The lowest BCUT2D eigenvalue weighted by Gasteiger charge is -2.28. The van der Waals surface area contributed by atoms with E-state index < -0.39 is 34.6 Å². The van der Waals surface area contributed by atoms with Crippen molar-refractivity contribution in [2.24, 2.45) is 0 Å². The van der Waals surface area contributed by atoms with Crippen LogP contribution >= 0.6 is 34.8 Å². The summed E-state index contributed by atoms with van der Waals surface area (Å²) in [6.07, 6.45) is 1.90. The number of rotatable bonds is 3. The number of amides is 1. The Hall–Kier alpha value is -0.980. The average Bonchev–Trinajstić information content (AvgIpc) is 2.56. The van der Waals surface area contributed by atoms with Crippen LogP contribution in [0.3, 0.4) is 0 Å². The van der Waals surface area contributed by atoms with Gasteiger partial charge in [-0.25, -0.2) is 4.79 Å². The van der Waals surface area contributed by atoms with Crippen molar-refractivity contribution < 1.29 is 23.9 Å². The second-order valence-corrected chi connectivity index (χ2v) is 7.36. The molecule has 0 saturated carbocycles. The van der Waals surface area contributed by atoms with Crippen LogP contribution in [0.2, 0.25) is 0 Å². The average molecular weight is 373 g/mol. The van der Waals surface area contributed by atoms with Crippen LogP contribution in [0.5, 0.6) is 0 Å². The van der Waals surface area contributed by atoms with Crippen molar-refractivity contribution in [1.29, 1.82) is 0 Å². The highest BCUT2D eigenvalue weighted by Crippen LogP contribution is 2.26. The summed E-state index contributed by atoms with van der Waals surface area (Å²) in [4.78, 5) is 35.9. The van der Waals surface area contributed by atoms with Crippen LogP contribution in [0, 0.1) is 0 Å². The normalized spacial score (nSPS) is 22.0. The summed E-state index contributed by atoms with van der Waals surface area (Å²) >= 11 is 16.5. The topological polar surface area (TPSA) is 72.9 Å². The number of allylic oxidation sites excluding steroid dienone is 1. The molecule has 0 N–H and O–H groups in total. The molecule has 9 heteroatoms. The number of carbonyl (C=O) groups is 3. The number of nitrogens with zero attached hydrogens (tertiary/aromatic N) is 1. The van der Waals surface area contributed by atoms with E-state index in [1.165, 1.54) is 31.0 Å². The maximum atomic E-state index is 11.9. The highest BCUT2D eigenvalue weighted by molar-refractivity contribution is 6.67. The fraction of sp³-hybridized carbons (Fsp3) is 0.615. The summed E-state index contributed by atoms with van der Waals surface area (Å²) < 4.78 is 8.23. The Kier molecular flexibility index (Phi) is 6.97. The predicted octanol–water partition coefficient (Wildman–Crippen LogP) is 2.64. The molecule has 0 unspecified atom stereocenters. The van der Waals surface area contributed by atoms with Crippen LogP contribution in [0.25, 0.3) is 0 Å². The van der Waals surface area contributed by atoms with Crippen LogP contribution in [0.15, 0.2) is 12.2 Å². The smallest absolute Gasteiger partial charge is 0.409 e. The number of carbonyl (C=O) groups excluding carboxylic acids is 3.